The number of halogens is 2. The zero-order valence-corrected chi connectivity index (χ0v) is 25.1. The Kier molecular flexibility index (Phi) is 6.94. The zero-order chi connectivity index (χ0) is 30.6. The third-order valence-electron chi connectivity index (χ3n) is 7.34. The predicted octanol–water partition coefficient (Wildman–Crippen LogP) is 6.56. The number of imidazole rings is 1. The monoisotopic (exact) mass is 617 g/mol. The van der Waals surface area contributed by atoms with Gasteiger partial charge in [-0.15, -0.1) is 0 Å². The van der Waals surface area contributed by atoms with Gasteiger partial charge in [0, 0.05) is 48.4 Å². The Bertz CT molecular complexity index is 2170. The number of pyridine rings is 1. The Morgan fingerprint density at radius 3 is 2.44 bits per heavy atom. The van der Waals surface area contributed by atoms with Crippen LogP contribution >= 0.6 is 11.6 Å². The van der Waals surface area contributed by atoms with Crippen LogP contribution in [0.1, 0.15) is 15.9 Å². The molecule has 0 spiro atoms. The molecule has 3 aromatic carbocycles. The molecule has 0 fully saturated rings. The summed E-state index contributed by atoms with van der Waals surface area (Å²) in [6, 6.07) is 16.0. The number of aromatic nitrogens is 3. The summed E-state index contributed by atoms with van der Waals surface area (Å²) in [4.78, 5) is 25.4. The van der Waals surface area contributed by atoms with E-state index in [1.54, 1.807) is 36.5 Å². The molecule has 43 heavy (non-hydrogen) atoms. The van der Waals surface area contributed by atoms with Crippen LogP contribution in [0, 0.1) is 12.7 Å². The van der Waals surface area contributed by atoms with Crippen molar-refractivity contribution in [1.29, 1.82) is 0 Å². The fourth-order valence-electron chi connectivity index (χ4n) is 4.99. The first-order chi connectivity index (χ1) is 20.5. The number of amides is 1. The van der Waals surface area contributed by atoms with Crippen molar-refractivity contribution in [2.24, 2.45) is 0 Å². The van der Waals surface area contributed by atoms with E-state index in [1.807, 2.05) is 13.0 Å². The fourth-order valence-corrected chi connectivity index (χ4v) is 5.71. The largest absolute Gasteiger partial charge is 0.455 e. The predicted molar refractivity (Wildman–Crippen MR) is 166 cm³/mol. The van der Waals surface area contributed by atoms with E-state index >= 15 is 0 Å². The Morgan fingerprint density at radius 2 is 1.77 bits per heavy atom. The van der Waals surface area contributed by atoms with Gasteiger partial charge in [-0.3, -0.25) is 9.10 Å². The van der Waals surface area contributed by atoms with Crippen LogP contribution in [-0.4, -0.2) is 49.6 Å². The van der Waals surface area contributed by atoms with E-state index in [4.69, 9.17) is 16.0 Å². The molecule has 3 heterocycles. The van der Waals surface area contributed by atoms with Gasteiger partial charge in [-0.2, -0.15) is 0 Å². The molecule has 6 aromatic rings. The maximum Gasteiger partial charge on any atom is 0.255 e. The van der Waals surface area contributed by atoms with Crippen molar-refractivity contribution >= 4 is 55.4 Å². The molecule has 0 aliphatic carbocycles. The van der Waals surface area contributed by atoms with Gasteiger partial charge >= 0.3 is 0 Å². The van der Waals surface area contributed by atoms with E-state index in [2.05, 4.69) is 20.3 Å². The number of benzene rings is 3. The number of nitrogens with one attached hydrogen (secondary N) is 2. The second-order valence-electron chi connectivity index (χ2n) is 10.1. The summed E-state index contributed by atoms with van der Waals surface area (Å²) < 4.78 is 46.5. The highest BCUT2D eigenvalue weighted by molar-refractivity contribution is 7.92. The third-order valence-corrected chi connectivity index (χ3v) is 8.86. The van der Waals surface area contributed by atoms with Crippen LogP contribution in [0.2, 0.25) is 5.02 Å². The molecule has 0 unspecified atom stereocenters. The van der Waals surface area contributed by atoms with Gasteiger partial charge < -0.3 is 14.7 Å². The van der Waals surface area contributed by atoms with Gasteiger partial charge in [-0.25, -0.2) is 22.8 Å². The van der Waals surface area contributed by atoms with E-state index in [1.165, 1.54) is 38.4 Å². The normalized spacial score (nSPS) is 11.8. The molecule has 0 saturated heterocycles. The number of sulfonamides is 1. The van der Waals surface area contributed by atoms with Crippen LogP contribution in [0.5, 0.6) is 0 Å². The first-order valence-electron chi connectivity index (χ1n) is 13.1. The minimum atomic E-state index is -3.71. The van der Waals surface area contributed by atoms with E-state index in [9.17, 15) is 17.6 Å². The average molecular weight is 618 g/mol. The van der Waals surface area contributed by atoms with Gasteiger partial charge in [-0.1, -0.05) is 17.7 Å². The highest BCUT2D eigenvalue weighted by Gasteiger charge is 2.26. The van der Waals surface area contributed by atoms with Gasteiger partial charge in [0.1, 0.15) is 23.0 Å². The number of aryl methyl sites for hydroxylation is 1. The van der Waals surface area contributed by atoms with Crippen LogP contribution < -0.4 is 9.62 Å². The molecule has 0 radical (unpaired) electrons. The molecule has 1 amide bonds. The lowest BCUT2D eigenvalue weighted by atomic mass is 9.97. The topological polar surface area (TPSA) is 121 Å². The van der Waals surface area contributed by atoms with Crippen LogP contribution in [0.3, 0.4) is 0 Å². The van der Waals surface area contributed by atoms with Crippen molar-refractivity contribution in [3.63, 3.8) is 0 Å². The summed E-state index contributed by atoms with van der Waals surface area (Å²) in [5.41, 5.74) is 5.29. The summed E-state index contributed by atoms with van der Waals surface area (Å²) in [6.07, 6.45) is 2.78. The minimum Gasteiger partial charge on any atom is -0.455 e. The number of rotatable bonds is 6. The lowest BCUT2D eigenvalue weighted by Crippen LogP contribution is -2.25. The molecule has 218 valence electrons. The summed E-state index contributed by atoms with van der Waals surface area (Å²) in [5, 5.41) is 3.51. The number of carbonyl (C=O) groups is 1. The van der Waals surface area contributed by atoms with Crippen molar-refractivity contribution in [2.45, 2.75) is 6.92 Å². The Hall–Kier alpha value is -4.74. The summed E-state index contributed by atoms with van der Waals surface area (Å²) in [5.74, 6) is -0.137. The second kappa shape index (κ2) is 10.5. The molecule has 12 heteroatoms. The minimum absolute atomic E-state index is 0.224. The molecule has 6 rings (SSSR count). The molecular formula is C31H25ClFN5O4S. The van der Waals surface area contributed by atoms with Crippen molar-refractivity contribution in [2.75, 3.05) is 24.7 Å². The summed E-state index contributed by atoms with van der Waals surface area (Å²) in [6.45, 7) is 1.95. The highest BCUT2D eigenvalue weighted by atomic mass is 35.5. The van der Waals surface area contributed by atoms with Crippen molar-refractivity contribution in [3.05, 3.63) is 88.8 Å². The Morgan fingerprint density at radius 1 is 1.05 bits per heavy atom. The summed E-state index contributed by atoms with van der Waals surface area (Å²) in [7, 11) is -0.775. The van der Waals surface area contributed by atoms with Crippen LogP contribution in [0.25, 0.3) is 56.0 Å². The number of H-pyrrole nitrogens is 1. The first kappa shape index (κ1) is 28.4. The quantitative estimate of drug-likeness (QED) is 0.218. The number of hydrogen-bond donors (Lipinski definition) is 2. The third kappa shape index (κ3) is 5.00. The van der Waals surface area contributed by atoms with Gasteiger partial charge in [0.25, 0.3) is 5.91 Å². The molecule has 3 aromatic heterocycles. The van der Waals surface area contributed by atoms with E-state index in [0.717, 1.165) is 21.6 Å². The van der Waals surface area contributed by atoms with Crippen molar-refractivity contribution < 1.29 is 22.0 Å². The van der Waals surface area contributed by atoms with Gasteiger partial charge in [0.05, 0.1) is 28.0 Å². The average Bonchev–Trinajstić information content (AvgIpc) is 3.58. The highest BCUT2D eigenvalue weighted by Crippen LogP contribution is 2.42. The molecule has 0 bridgehead atoms. The Labute approximate surface area is 251 Å². The van der Waals surface area contributed by atoms with Gasteiger partial charge in [0.15, 0.2) is 5.65 Å². The van der Waals surface area contributed by atoms with Crippen LogP contribution in [-0.2, 0) is 10.0 Å². The SMILES string of the molecule is CNC(=O)c1c(-c2ccc(F)cc2)oc2cc(N(C)S(C)(=O)=O)c(-c3ccc(Cl)c(-c4nc5nccc(C)c5[nH]4)c3)cc12. The van der Waals surface area contributed by atoms with Crippen LogP contribution in [0.15, 0.2) is 71.3 Å². The van der Waals surface area contributed by atoms with Gasteiger partial charge in [0.2, 0.25) is 10.0 Å². The number of hydrogen-bond acceptors (Lipinski definition) is 6. The second-order valence-corrected chi connectivity index (χ2v) is 12.5. The van der Waals surface area contributed by atoms with Crippen molar-refractivity contribution in [3.8, 4) is 33.8 Å². The number of aromatic amines is 1. The fraction of sp³-hybridized carbons (Fsp3) is 0.129. The van der Waals surface area contributed by atoms with E-state index in [0.29, 0.717) is 49.8 Å². The maximum absolute atomic E-state index is 13.7. The molecule has 0 saturated carbocycles. The molecular weight excluding hydrogens is 593 g/mol. The molecule has 0 atom stereocenters. The smallest absolute Gasteiger partial charge is 0.255 e. The zero-order valence-electron chi connectivity index (χ0n) is 23.5. The maximum atomic E-state index is 13.7. The van der Waals surface area contributed by atoms with Crippen molar-refractivity contribution in [1.82, 2.24) is 20.3 Å². The number of nitrogens with zero attached hydrogens (tertiary/aromatic N) is 3. The van der Waals surface area contributed by atoms with Crippen LogP contribution in [0.4, 0.5) is 10.1 Å². The lowest BCUT2D eigenvalue weighted by Gasteiger charge is -2.21. The van der Waals surface area contributed by atoms with E-state index < -0.39 is 21.7 Å². The summed E-state index contributed by atoms with van der Waals surface area (Å²) >= 11 is 6.64. The molecule has 0 aliphatic heterocycles. The number of fused-ring (bicyclic) bond motifs is 2. The molecule has 2 N–H and O–H groups in total. The lowest BCUT2D eigenvalue weighted by molar-refractivity contribution is 0.0964. The van der Waals surface area contributed by atoms with Gasteiger partial charge in [-0.05, 0) is 66.6 Å². The first-order valence-corrected chi connectivity index (χ1v) is 15.3. The Balaban J connectivity index is 1.63. The number of furan rings is 1. The standard InChI is InChI=1S/C31H25ClFN5O4S/c1-16-11-12-35-30-27(16)36-29(37-30)21-13-18(7-10-23(21)32)20-14-22-25(15-24(20)38(3)43(4,40)41)42-28(26(22)31(39)34-2)17-5-8-19(33)9-6-17/h5-15H,1-4H3,(H,34,39)(H,35,36,37). The molecule has 0 aliphatic rings. The number of anilines is 1. The van der Waals surface area contributed by atoms with E-state index in [-0.39, 0.29) is 16.9 Å². The number of carbonyl (C=O) groups excluding carboxylic acids is 1. The molecule has 9 nitrogen and oxygen atoms in total.